The molecule has 0 radical (unpaired) electrons. The molecule has 2 rings (SSSR count). The Morgan fingerprint density at radius 1 is 1.43 bits per heavy atom. The molecule has 1 aromatic heterocycles. The van der Waals surface area contributed by atoms with Crippen molar-refractivity contribution < 1.29 is 14.7 Å². The monoisotopic (exact) mass is 380 g/mol. The summed E-state index contributed by atoms with van der Waals surface area (Å²) >= 11 is 3.44. The zero-order valence-corrected chi connectivity index (χ0v) is 14.4. The lowest BCUT2D eigenvalue weighted by Crippen LogP contribution is -2.43. The lowest BCUT2D eigenvalue weighted by Gasteiger charge is -2.14. The molecule has 0 saturated heterocycles. The van der Waals surface area contributed by atoms with Crippen LogP contribution in [0.2, 0.25) is 0 Å². The van der Waals surface area contributed by atoms with E-state index in [1.807, 2.05) is 25.1 Å². The van der Waals surface area contributed by atoms with Crippen LogP contribution in [0.5, 0.6) is 0 Å². The number of nitrogens with one attached hydrogen (secondary N) is 1. The number of hydrogen-bond donors (Lipinski definition) is 2. The summed E-state index contributed by atoms with van der Waals surface area (Å²) in [5, 5.41) is 15.7. The third kappa shape index (κ3) is 4.38. The Morgan fingerprint density at radius 2 is 2.17 bits per heavy atom. The maximum atomic E-state index is 12.2. The van der Waals surface area contributed by atoms with Crippen molar-refractivity contribution in [1.82, 2.24) is 20.1 Å². The highest BCUT2D eigenvalue weighted by atomic mass is 79.9. The number of aryl methyl sites for hydroxylation is 2. The fourth-order valence-electron chi connectivity index (χ4n) is 2.15. The number of hydrogen-bond acceptors (Lipinski definition) is 4. The molecule has 0 aliphatic rings. The van der Waals surface area contributed by atoms with Crippen LogP contribution in [0.15, 0.2) is 29.0 Å². The number of aliphatic carboxylic acids is 1. The SMILES string of the molecule is Cc1cccc(CC(=O)NC(Cc2ncnn2C)C(=O)O)c1Br. The fourth-order valence-corrected chi connectivity index (χ4v) is 2.56. The Balaban J connectivity index is 2.05. The number of aromatic nitrogens is 3. The van der Waals surface area contributed by atoms with Crippen LogP contribution in [-0.2, 0) is 29.5 Å². The summed E-state index contributed by atoms with van der Waals surface area (Å²) in [5.41, 5.74) is 1.83. The first-order valence-electron chi connectivity index (χ1n) is 6.97. The van der Waals surface area contributed by atoms with Crippen molar-refractivity contribution >= 4 is 27.8 Å². The lowest BCUT2D eigenvalue weighted by molar-refractivity contribution is -0.141. The van der Waals surface area contributed by atoms with Gasteiger partial charge in [-0.2, -0.15) is 5.10 Å². The van der Waals surface area contributed by atoms with Gasteiger partial charge in [-0.3, -0.25) is 9.48 Å². The Kier molecular flexibility index (Phi) is 5.49. The van der Waals surface area contributed by atoms with Crippen molar-refractivity contribution in [2.75, 3.05) is 0 Å². The van der Waals surface area contributed by atoms with Crippen LogP contribution < -0.4 is 5.32 Å². The van der Waals surface area contributed by atoms with E-state index in [2.05, 4.69) is 31.3 Å². The molecule has 1 unspecified atom stereocenters. The number of halogens is 1. The van der Waals surface area contributed by atoms with Gasteiger partial charge in [-0.1, -0.05) is 34.1 Å². The van der Waals surface area contributed by atoms with Gasteiger partial charge in [0, 0.05) is 17.9 Å². The van der Waals surface area contributed by atoms with Gasteiger partial charge in [0.1, 0.15) is 18.2 Å². The molecule has 0 bridgehead atoms. The topological polar surface area (TPSA) is 97.1 Å². The van der Waals surface area contributed by atoms with E-state index < -0.39 is 12.0 Å². The van der Waals surface area contributed by atoms with Gasteiger partial charge in [0.15, 0.2) is 0 Å². The lowest BCUT2D eigenvalue weighted by atomic mass is 10.1. The summed E-state index contributed by atoms with van der Waals surface area (Å²) in [4.78, 5) is 27.5. The maximum absolute atomic E-state index is 12.2. The predicted octanol–water partition coefficient (Wildman–Crippen LogP) is 1.24. The van der Waals surface area contributed by atoms with Gasteiger partial charge in [-0.15, -0.1) is 0 Å². The van der Waals surface area contributed by atoms with Crippen molar-refractivity contribution in [3.05, 3.63) is 46.0 Å². The number of carboxylic acid groups (broad SMARTS) is 1. The summed E-state index contributed by atoms with van der Waals surface area (Å²) < 4.78 is 2.34. The molecule has 0 aliphatic carbocycles. The molecule has 0 aliphatic heterocycles. The summed E-state index contributed by atoms with van der Waals surface area (Å²) in [6, 6.07) is 4.57. The molecular weight excluding hydrogens is 364 g/mol. The highest BCUT2D eigenvalue weighted by Crippen LogP contribution is 2.21. The van der Waals surface area contributed by atoms with E-state index in [1.54, 1.807) is 7.05 Å². The number of carbonyl (C=O) groups excluding carboxylic acids is 1. The summed E-state index contributed by atoms with van der Waals surface area (Å²) in [6.45, 7) is 1.93. The molecule has 122 valence electrons. The van der Waals surface area contributed by atoms with Crippen LogP contribution in [0.1, 0.15) is 17.0 Å². The van der Waals surface area contributed by atoms with Crippen molar-refractivity contribution in [3.63, 3.8) is 0 Å². The molecule has 0 fully saturated rings. The molecule has 0 saturated carbocycles. The molecule has 1 aromatic carbocycles. The molecule has 23 heavy (non-hydrogen) atoms. The van der Waals surface area contributed by atoms with Crippen molar-refractivity contribution in [1.29, 1.82) is 0 Å². The van der Waals surface area contributed by atoms with Crippen LogP contribution >= 0.6 is 15.9 Å². The minimum absolute atomic E-state index is 0.0760. The van der Waals surface area contributed by atoms with Gasteiger partial charge in [-0.05, 0) is 18.1 Å². The van der Waals surface area contributed by atoms with E-state index in [0.717, 1.165) is 15.6 Å². The molecule has 1 atom stereocenters. The van der Waals surface area contributed by atoms with Gasteiger partial charge in [0.25, 0.3) is 0 Å². The van der Waals surface area contributed by atoms with Crippen LogP contribution in [-0.4, -0.2) is 37.8 Å². The quantitative estimate of drug-likeness (QED) is 0.785. The molecule has 2 N–H and O–H groups in total. The second-order valence-corrected chi connectivity index (χ2v) is 5.98. The average molecular weight is 381 g/mol. The van der Waals surface area contributed by atoms with Crippen LogP contribution in [0.3, 0.4) is 0 Å². The number of nitrogens with zero attached hydrogens (tertiary/aromatic N) is 3. The van der Waals surface area contributed by atoms with E-state index in [0.29, 0.717) is 5.82 Å². The van der Waals surface area contributed by atoms with E-state index in [4.69, 9.17) is 0 Å². The zero-order valence-electron chi connectivity index (χ0n) is 12.8. The molecule has 7 nitrogen and oxygen atoms in total. The number of amides is 1. The van der Waals surface area contributed by atoms with E-state index in [1.165, 1.54) is 11.0 Å². The molecule has 8 heteroatoms. The highest BCUT2D eigenvalue weighted by molar-refractivity contribution is 9.10. The third-order valence-corrected chi connectivity index (χ3v) is 4.58. The van der Waals surface area contributed by atoms with Crippen LogP contribution in [0, 0.1) is 6.92 Å². The second kappa shape index (κ2) is 7.36. The molecule has 1 heterocycles. The summed E-state index contributed by atoms with van der Waals surface area (Å²) in [5.74, 6) is -0.968. The smallest absolute Gasteiger partial charge is 0.326 e. The van der Waals surface area contributed by atoms with Gasteiger partial charge >= 0.3 is 5.97 Å². The minimum atomic E-state index is -1.11. The van der Waals surface area contributed by atoms with Crippen molar-refractivity contribution in [2.45, 2.75) is 25.8 Å². The fraction of sp³-hybridized carbons (Fsp3) is 0.333. The van der Waals surface area contributed by atoms with Crippen LogP contribution in [0.4, 0.5) is 0 Å². The first kappa shape index (κ1) is 17.1. The summed E-state index contributed by atoms with van der Waals surface area (Å²) in [7, 11) is 1.67. The maximum Gasteiger partial charge on any atom is 0.326 e. The van der Waals surface area contributed by atoms with Gasteiger partial charge < -0.3 is 10.4 Å². The Labute approximate surface area is 141 Å². The first-order chi connectivity index (χ1) is 10.9. The van der Waals surface area contributed by atoms with E-state index in [-0.39, 0.29) is 18.7 Å². The number of carbonyl (C=O) groups is 2. The standard InChI is InChI=1S/C15H17BrN4O3/c1-9-4-3-5-10(14(9)16)6-13(21)19-11(15(22)23)7-12-17-8-18-20(12)2/h3-5,8,11H,6-7H2,1-2H3,(H,19,21)(H,22,23). The number of rotatable bonds is 6. The molecule has 1 amide bonds. The van der Waals surface area contributed by atoms with Crippen LogP contribution in [0.25, 0.3) is 0 Å². The van der Waals surface area contributed by atoms with Crippen molar-refractivity contribution in [3.8, 4) is 0 Å². The normalized spacial score (nSPS) is 12.0. The Bertz CT molecular complexity index is 729. The largest absolute Gasteiger partial charge is 0.480 e. The predicted molar refractivity (Wildman–Crippen MR) is 86.9 cm³/mol. The van der Waals surface area contributed by atoms with E-state index in [9.17, 15) is 14.7 Å². The first-order valence-corrected chi connectivity index (χ1v) is 7.76. The number of carboxylic acids is 1. The minimum Gasteiger partial charge on any atom is -0.480 e. The Morgan fingerprint density at radius 3 is 2.78 bits per heavy atom. The highest BCUT2D eigenvalue weighted by Gasteiger charge is 2.23. The van der Waals surface area contributed by atoms with Gasteiger partial charge in [-0.25, -0.2) is 9.78 Å². The average Bonchev–Trinajstić information content (AvgIpc) is 2.88. The number of benzene rings is 1. The van der Waals surface area contributed by atoms with Crippen molar-refractivity contribution in [2.24, 2.45) is 7.05 Å². The van der Waals surface area contributed by atoms with Gasteiger partial charge in [0.2, 0.25) is 5.91 Å². The summed E-state index contributed by atoms with van der Waals surface area (Å²) in [6.07, 6.45) is 1.53. The Hall–Kier alpha value is -2.22. The van der Waals surface area contributed by atoms with E-state index >= 15 is 0 Å². The molecule has 2 aromatic rings. The molecular formula is C15H17BrN4O3. The third-order valence-electron chi connectivity index (χ3n) is 3.45. The molecule has 0 spiro atoms. The van der Waals surface area contributed by atoms with Gasteiger partial charge in [0.05, 0.1) is 6.42 Å². The second-order valence-electron chi connectivity index (χ2n) is 5.19. The zero-order chi connectivity index (χ0) is 17.0.